The van der Waals surface area contributed by atoms with Crippen molar-refractivity contribution in [2.24, 2.45) is 0 Å². The Morgan fingerprint density at radius 1 is 0.794 bits per heavy atom. The highest BCUT2D eigenvalue weighted by atomic mass is 16.1. The summed E-state index contributed by atoms with van der Waals surface area (Å²) >= 11 is 0. The van der Waals surface area contributed by atoms with E-state index in [0.29, 0.717) is 24.2 Å². The van der Waals surface area contributed by atoms with Crippen LogP contribution in [0.5, 0.6) is 0 Å². The van der Waals surface area contributed by atoms with E-state index in [1.807, 2.05) is 16.7 Å². The molecule has 34 heavy (non-hydrogen) atoms. The monoisotopic (exact) mass is 469 g/mol. The van der Waals surface area contributed by atoms with Gasteiger partial charge in [-0.05, 0) is 51.4 Å². The minimum Gasteiger partial charge on any atom is -0.303 e. The van der Waals surface area contributed by atoms with Crippen LogP contribution in [0.4, 0.5) is 0 Å². The Labute approximate surface area is 207 Å². The number of piperidine rings is 1. The van der Waals surface area contributed by atoms with Crippen LogP contribution in [0.25, 0.3) is 6.08 Å². The van der Waals surface area contributed by atoms with Gasteiger partial charge in [0.15, 0.2) is 5.78 Å². The van der Waals surface area contributed by atoms with Crippen molar-refractivity contribution in [2.75, 3.05) is 19.6 Å². The summed E-state index contributed by atoms with van der Waals surface area (Å²) in [6.45, 7) is 6.30. The number of ketones is 1. The van der Waals surface area contributed by atoms with Gasteiger partial charge in [0.2, 0.25) is 0 Å². The number of Topliss-reactive ketones (excluding diaryl/α,β-unsaturated/α-hetero) is 1. The molecule has 5 nitrogen and oxygen atoms in total. The van der Waals surface area contributed by atoms with Crippen molar-refractivity contribution in [3.05, 3.63) is 33.5 Å². The Hall–Kier alpha value is -1.75. The second kappa shape index (κ2) is 15.3. The van der Waals surface area contributed by atoms with Crippen LogP contribution in [0, 0.1) is 0 Å². The number of allylic oxidation sites excluding steroid dienone is 1. The van der Waals surface area contributed by atoms with Crippen LogP contribution in [0.2, 0.25) is 0 Å². The zero-order valence-electron chi connectivity index (χ0n) is 21.7. The Bertz CT molecular complexity index is 837. The maximum atomic E-state index is 13.3. The topological polar surface area (TPSA) is 55.2 Å². The third kappa shape index (κ3) is 8.48. The molecular weight excluding hydrogens is 422 g/mol. The lowest BCUT2D eigenvalue weighted by Gasteiger charge is -2.26. The minimum atomic E-state index is -0.115. The maximum absolute atomic E-state index is 13.3. The first-order chi connectivity index (χ1) is 16.7. The molecule has 0 amide bonds. The minimum absolute atomic E-state index is 0.0824. The number of carbonyl (C=O) groups is 1. The summed E-state index contributed by atoms with van der Waals surface area (Å²) in [6, 6.07) is 0. The summed E-state index contributed by atoms with van der Waals surface area (Å²) in [5.41, 5.74) is 0.783. The van der Waals surface area contributed by atoms with E-state index in [9.17, 15) is 9.59 Å². The third-order valence-corrected chi connectivity index (χ3v) is 7.44. The van der Waals surface area contributed by atoms with Crippen LogP contribution >= 0.6 is 0 Å². The first-order valence-corrected chi connectivity index (χ1v) is 14.3. The normalized spacial score (nSPS) is 16.2. The van der Waals surface area contributed by atoms with Gasteiger partial charge in [-0.1, -0.05) is 83.6 Å². The van der Waals surface area contributed by atoms with E-state index in [0.717, 1.165) is 31.6 Å². The predicted molar refractivity (Wildman–Crippen MR) is 142 cm³/mol. The molecule has 1 fully saturated rings. The Kier molecular flexibility index (Phi) is 12.1. The SMILES string of the molecule is CCCCCCCCCCCCCc1nc2c(c(=O)n1CCCN1CCCCC1)C(=O)CC=C2. The highest BCUT2D eigenvalue weighted by molar-refractivity contribution is 6.01. The van der Waals surface area contributed by atoms with E-state index in [-0.39, 0.29) is 11.3 Å². The van der Waals surface area contributed by atoms with Gasteiger partial charge in [0.25, 0.3) is 5.56 Å². The van der Waals surface area contributed by atoms with Crippen molar-refractivity contribution in [3.8, 4) is 0 Å². The molecule has 190 valence electrons. The molecule has 0 N–H and O–H groups in total. The molecule has 0 bridgehead atoms. The quantitative estimate of drug-likeness (QED) is 0.257. The van der Waals surface area contributed by atoms with E-state index in [2.05, 4.69) is 11.8 Å². The number of likely N-dealkylation sites (tertiary alicyclic amines) is 1. The Balaban J connectivity index is 1.49. The molecule has 2 aliphatic rings. The molecule has 0 unspecified atom stereocenters. The van der Waals surface area contributed by atoms with E-state index in [4.69, 9.17) is 4.98 Å². The molecule has 2 heterocycles. The van der Waals surface area contributed by atoms with Crippen LogP contribution in [-0.2, 0) is 13.0 Å². The van der Waals surface area contributed by atoms with Crippen molar-refractivity contribution in [1.29, 1.82) is 0 Å². The first kappa shape index (κ1) is 26.8. The number of hydrogen-bond donors (Lipinski definition) is 0. The van der Waals surface area contributed by atoms with Crippen LogP contribution < -0.4 is 5.56 Å². The molecular formula is C29H47N3O2. The molecule has 3 rings (SSSR count). The van der Waals surface area contributed by atoms with Crippen LogP contribution in [0.3, 0.4) is 0 Å². The van der Waals surface area contributed by atoms with Gasteiger partial charge in [-0.3, -0.25) is 14.2 Å². The fourth-order valence-electron chi connectivity index (χ4n) is 5.38. The molecule has 1 aromatic rings. The third-order valence-electron chi connectivity index (χ3n) is 7.44. The Morgan fingerprint density at radius 3 is 2.12 bits per heavy atom. The van der Waals surface area contributed by atoms with Gasteiger partial charge < -0.3 is 4.90 Å². The standard InChI is InChI=1S/C29H47N3O2/c1-2-3-4-5-6-7-8-9-10-11-13-20-27-30-25-18-16-19-26(33)28(25)29(34)32(27)24-17-23-31-21-14-12-15-22-31/h16,18H,2-15,17,19-24H2,1H3. The average Bonchev–Trinajstić information content (AvgIpc) is 2.85. The van der Waals surface area contributed by atoms with E-state index in [1.54, 1.807) is 0 Å². The van der Waals surface area contributed by atoms with Crippen molar-refractivity contribution in [3.63, 3.8) is 0 Å². The molecule has 1 aliphatic heterocycles. The molecule has 0 atom stereocenters. The number of aromatic nitrogens is 2. The lowest BCUT2D eigenvalue weighted by Crippen LogP contribution is -2.35. The highest BCUT2D eigenvalue weighted by Crippen LogP contribution is 2.17. The summed E-state index contributed by atoms with van der Waals surface area (Å²) in [4.78, 5) is 33.0. The van der Waals surface area contributed by atoms with Gasteiger partial charge in [-0.2, -0.15) is 0 Å². The van der Waals surface area contributed by atoms with E-state index < -0.39 is 0 Å². The molecule has 1 aromatic heterocycles. The number of carbonyl (C=O) groups excluding carboxylic acids is 1. The van der Waals surface area contributed by atoms with Gasteiger partial charge in [0, 0.05) is 19.4 Å². The number of aryl methyl sites for hydroxylation is 1. The Morgan fingerprint density at radius 2 is 1.44 bits per heavy atom. The number of unbranched alkanes of at least 4 members (excludes halogenated alkanes) is 10. The van der Waals surface area contributed by atoms with Crippen molar-refractivity contribution in [1.82, 2.24) is 14.5 Å². The first-order valence-electron chi connectivity index (χ1n) is 14.3. The largest absolute Gasteiger partial charge is 0.303 e. The summed E-state index contributed by atoms with van der Waals surface area (Å²) in [5, 5.41) is 0. The lowest BCUT2D eigenvalue weighted by atomic mass is 10.0. The molecule has 1 saturated heterocycles. The van der Waals surface area contributed by atoms with Crippen LogP contribution in [-0.4, -0.2) is 39.9 Å². The second-order valence-corrected chi connectivity index (χ2v) is 10.3. The summed E-state index contributed by atoms with van der Waals surface area (Å²) in [5.74, 6) is 0.790. The number of rotatable bonds is 16. The van der Waals surface area contributed by atoms with Gasteiger partial charge >= 0.3 is 0 Å². The zero-order chi connectivity index (χ0) is 24.0. The summed E-state index contributed by atoms with van der Waals surface area (Å²) in [6.07, 6.45) is 24.1. The zero-order valence-corrected chi connectivity index (χ0v) is 21.7. The predicted octanol–water partition coefficient (Wildman–Crippen LogP) is 6.57. The van der Waals surface area contributed by atoms with Gasteiger partial charge in [0.05, 0.1) is 5.69 Å². The van der Waals surface area contributed by atoms with Gasteiger partial charge in [0.1, 0.15) is 11.4 Å². The van der Waals surface area contributed by atoms with Crippen molar-refractivity contribution < 1.29 is 4.79 Å². The fourth-order valence-corrected chi connectivity index (χ4v) is 5.38. The van der Waals surface area contributed by atoms with Gasteiger partial charge in [-0.15, -0.1) is 0 Å². The fraction of sp³-hybridized carbons (Fsp3) is 0.759. The molecule has 1 aliphatic carbocycles. The second-order valence-electron chi connectivity index (χ2n) is 10.3. The molecule has 0 aromatic carbocycles. The van der Waals surface area contributed by atoms with E-state index >= 15 is 0 Å². The van der Waals surface area contributed by atoms with Crippen LogP contribution in [0.1, 0.15) is 132 Å². The van der Waals surface area contributed by atoms with Crippen LogP contribution in [0.15, 0.2) is 10.9 Å². The number of hydrogen-bond acceptors (Lipinski definition) is 4. The molecule has 5 heteroatoms. The summed E-state index contributed by atoms with van der Waals surface area (Å²) < 4.78 is 1.83. The average molecular weight is 470 g/mol. The van der Waals surface area contributed by atoms with Gasteiger partial charge in [-0.25, -0.2) is 4.98 Å². The lowest BCUT2D eigenvalue weighted by molar-refractivity contribution is 0.0991. The maximum Gasteiger partial charge on any atom is 0.265 e. The summed E-state index contributed by atoms with van der Waals surface area (Å²) in [7, 11) is 0. The van der Waals surface area contributed by atoms with E-state index in [1.165, 1.54) is 96.6 Å². The molecule has 0 radical (unpaired) electrons. The van der Waals surface area contributed by atoms with Crippen molar-refractivity contribution in [2.45, 2.75) is 123 Å². The van der Waals surface area contributed by atoms with Crippen molar-refractivity contribution >= 4 is 11.9 Å². The molecule has 0 spiro atoms. The molecule has 0 saturated carbocycles. The number of nitrogens with zero attached hydrogens (tertiary/aromatic N) is 3. The highest BCUT2D eigenvalue weighted by Gasteiger charge is 2.22. The smallest absolute Gasteiger partial charge is 0.265 e. The number of fused-ring (bicyclic) bond motifs is 1.